The SMILES string of the molecule is CN[C@@H](Cc1c[nH]c2ccccc12)C(C)(C)C. The molecule has 1 aromatic heterocycles. The van der Waals surface area contributed by atoms with Crippen molar-refractivity contribution < 1.29 is 0 Å². The third kappa shape index (κ3) is 2.52. The highest BCUT2D eigenvalue weighted by molar-refractivity contribution is 5.83. The molecule has 0 saturated heterocycles. The van der Waals surface area contributed by atoms with E-state index in [0.717, 1.165) is 6.42 Å². The largest absolute Gasteiger partial charge is 0.361 e. The van der Waals surface area contributed by atoms with Crippen LogP contribution in [0.2, 0.25) is 0 Å². The molecule has 0 saturated carbocycles. The number of aromatic amines is 1. The molecular formula is C15H22N2. The Hall–Kier alpha value is -1.28. The number of aromatic nitrogens is 1. The Morgan fingerprint density at radius 2 is 1.94 bits per heavy atom. The number of rotatable bonds is 3. The highest BCUT2D eigenvalue weighted by atomic mass is 14.9. The van der Waals surface area contributed by atoms with Crippen LogP contribution in [0.25, 0.3) is 10.9 Å². The van der Waals surface area contributed by atoms with Gasteiger partial charge in [0.2, 0.25) is 0 Å². The van der Waals surface area contributed by atoms with Gasteiger partial charge in [-0.25, -0.2) is 0 Å². The predicted molar refractivity (Wildman–Crippen MR) is 74.3 cm³/mol. The third-order valence-electron chi connectivity index (χ3n) is 3.49. The average molecular weight is 230 g/mol. The molecule has 2 nitrogen and oxygen atoms in total. The summed E-state index contributed by atoms with van der Waals surface area (Å²) in [6.07, 6.45) is 3.20. The van der Waals surface area contributed by atoms with Crippen LogP contribution in [0.3, 0.4) is 0 Å². The first-order valence-electron chi connectivity index (χ1n) is 6.24. The van der Waals surface area contributed by atoms with E-state index in [9.17, 15) is 0 Å². The summed E-state index contributed by atoms with van der Waals surface area (Å²) in [5.41, 5.74) is 2.90. The zero-order valence-corrected chi connectivity index (χ0v) is 11.2. The zero-order chi connectivity index (χ0) is 12.5. The van der Waals surface area contributed by atoms with Crippen molar-refractivity contribution in [2.24, 2.45) is 5.41 Å². The molecule has 0 radical (unpaired) electrons. The molecule has 0 aliphatic carbocycles. The van der Waals surface area contributed by atoms with Crippen LogP contribution in [0.5, 0.6) is 0 Å². The molecule has 0 aliphatic heterocycles. The van der Waals surface area contributed by atoms with E-state index in [0.29, 0.717) is 6.04 Å². The van der Waals surface area contributed by atoms with E-state index in [4.69, 9.17) is 0 Å². The molecule has 0 bridgehead atoms. The Balaban J connectivity index is 2.29. The minimum atomic E-state index is 0.271. The number of fused-ring (bicyclic) bond motifs is 1. The fourth-order valence-electron chi connectivity index (χ4n) is 2.36. The van der Waals surface area contributed by atoms with Crippen molar-refractivity contribution >= 4 is 10.9 Å². The van der Waals surface area contributed by atoms with Crippen molar-refractivity contribution in [2.45, 2.75) is 33.2 Å². The first kappa shape index (κ1) is 12.2. The van der Waals surface area contributed by atoms with Gasteiger partial charge in [-0.1, -0.05) is 39.0 Å². The van der Waals surface area contributed by atoms with Crippen LogP contribution < -0.4 is 5.32 Å². The van der Waals surface area contributed by atoms with Crippen LogP contribution in [0, 0.1) is 5.41 Å². The van der Waals surface area contributed by atoms with Crippen LogP contribution in [-0.2, 0) is 6.42 Å². The van der Waals surface area contributed by atoms with Crippen LogP contribution in [0.15, 0.2) is 30.5 Å². The van der Waals surface area contributed by atoms with E-state index in [2.05, 4.69) is 61.5 Å². The lowest BCUT2D eigenvalue weighted by Crippen LogP contribution is -2.39. The Morgan fingerprint density at radius 1 is 1.24 bits per heavy atom. The molecule has 2 N–H and O–H groups in total. The molecule has 0 unspecified atom stereocenters. The summed E-state index contributed by atoms with van der Waals surface area (Å²) in [6, 6.07) is 8.98. The quantitative estimate of drug-likeness (QED) is 0.831. The number of hydrogen-bond acceptors (Lipinski definition) is 1. The second-order valence-corrected chi connectivity index (χ2v) is 5.77. The molecule has 0 aliphatic rings. The van der Waals surface area contributed by atoms with Crippen molar-refractivity contribution in [1.82, 2.24) is 10.3 Å². The van der Waals surface area contributed by atoms with Crippen molar-refractivity contribution in [3.8, 4) is 0 Å². The molecular weight excluding hydrogens is 208 g/mol. The maximum Gasteiger partial charge on any atom is 0.0456 e. The van der Waals surface area contributed by atoms with E-state index in [1.807, 2.05) is 7.05 Å². The van der Waals surface area contributed by atoms with Gasteiger partial charge in [0.15, 0.2) is 0 Å². The van der Waals surface area contributed by atoms with Gasteiger partial charge in [-0.05, 0) is 30.5 Å². The zero-order valence-electron chi connectivity index (χ0n) is 11.2. The second kappa shape index (κ2) is 4.53. The fraction of sp³-hybridized carbons (Fsp3) is 0.467. The molecule has 2 aromatic rings. The highest BCUT2D eigenvalue weighted by Crippen LogP contribution is 2.25. The summed E-state index contributed by atoms with van der Waals surface area (Å²) in [7, 11) is 2.05. The smallest absolute Gasteiger partial charge is 0.0456 e. The minimum absolute atomic E-state index is 0.271. The summed E-state index contributed by atoms with van der Waals surface area (Å²) in [4.78, 5) is 3.34. The second-order valence-electron chi connectivity index (χ2n) is 5.77. The van der Waals surface area contributed by atoms with Crippen molar-refractivity contribution in [2.75, 3.05) is 7.05 Å². The summed E-state index contributed by atoms with van der Waals surface area (Å²) in [5, 5.41) is 4.78. The minimum Gasteiger partial charge on any atom is -0.361 e. The maximum absolute atomic E-state index is 3.43. The Labute approximate surface area is 103 Å². The van der Waals surface area contributed by atoms with E-state index in [1.54, 1.807) is 0 Å². The lowest BCUT2D eigenvalue weighted by molar-refractivity contribution is 0.280. The van der Waals surface area contributed by atoms with Crippen molar-refractivity contribution in [3.63, 3.8) is 0 Å². The number of H-pyrrole nitrogens is 1. The average Bonchev–Trinajstić information content (AvgIpc) is 2.67. The van der Waals surface area contributed by atoms with E-state index in [1.165, 1.54) is 16.5 Å². The molecule has 2 rings (SSSR count). The van der Waals surface area contributed by atoms with Gasteiger partial charge in [-0.2, -0.15) is 0 Å². The summed E-state index contributed by atoms with van der Waals surface area (Å²) < 4.78 is 0. The van der Waals surface area contributed by atoms with Crippen molar-refractivity contribution in [1.29, 1.82) is 0 Å². The Bertz CT molecular complexity index is 491. The van der Waals surface area contributed by atoms with Gasteiger partial charge in [0.1, 0.15) is 0 Å². The Kier molecular flexibility index (Phi) is 3.25. The van der Waals surface area contributed by atoms with Gasteiger partial charge < -0.3 is 10.3 Å². The number of hydrogen-bond donors (Lipinski definition) is 2. The summed E-state index contributed by atoms with van der Waals surface area (Å²) >= 11 is 0. The molecule has 1 atom stereocenters. The van der Waals surface area contributed by atoms with E-state index in [-0.39, 0.29) is 5.41 Å². The number of likely N-dealkylation sites (N-methyl/N-ethyl adjacent to an activating group) is 1. The van der Waals surface area contributed by atoms with Crippen LogP contribution in [0.1, 0.15) is 26.3 Å². The predicted octanol–water partition coefficient (Wildman–Crippen LogP) is 3.34. The van der Waals surface area contributed by atoms with Gasteiger partial charge in [0.25, 0.3) is 0 Å². The number of nitrogens with one attached hydrogen (secondary N) is 2. The molecule has 1 aromatic carbocycles. The summed E-state index contributed by atoms with van der Waals surface area (Å²) in [6.45, 7) is 6.84. The summed E-state index contributed by atoms with van der Waals surface area (Å²) in [5.74, 6) is 0. The molecule has 0 fully saturated rings. The normalized spacial score (nSPS) is 14.1. The van der Waals surface area contributed by atoms with Gasteiger partial charge in [-0.15, -0.1) is 0 Å². The number of para-hydroxylation sites is 1. The molecule has 17 heavy (non-hydrogen) atoms. The van der Waals surface area contributed by atoms with Gasteiger partial charge in [0.05, 0.1) is 0 Å². The topological polar surface area (TPSA) is 27.8 Å². The highest BCUT2D eigenvalue weighted by Gasteiger charge is 2.23. The van der Waals surface area contributed by atoms with Crippen molar-refractivity contribution in [3.05, 3.63) is 36.0 Å². The van der Waals surface area contributed by atoms with E-state index < -0.39 is 0 Å². The maximum atomic E-state index is 3.43. The van der Waals surface area contributed by atoms with E-state index >= 15 is 0 Å². The lowest BCUT2D eigenvalue weighted by atomic mass is 9.83. The Morgan fingerprint density at radius 3 is 2.59 bits per heavy atom. The molecule has 0 amide bonds. The standard InChI is InChI=1S/C15H22N2/c1-15(2,3)14(16-4)9-11-10-17-13-8-6-5-7-12(11)13/h5-8,10,14,16-17H,9H2,1-4H3/t14-/m0/s1. The lowest BCUT2D eigenvalue weighted by Gasteiger charge is -2.30. The molecule has 0 spiro atoms. The first-order valence-corrected chi connectivity index (χ1v) is 6.24. The number of benzene rings is 1. The third-order valence-corrected chi connectivity index (χ3v) is 3.49. The van der Waals surface area contributed by atoms with Gasteiger partial charge in [-0.3, -0.25) is 0 Å². The van der Waals surface area contributed by atoms with Crippen LogP contribution in [0.4, 0.5) is 0 Å². The first-order chi connectivity index (χ1) is 8.02. The van der Waals surface area contributed by atoms with Gasteiger partial charge >= 0.3 is 0 Å². The fourth-order valence-corrected chi connectivity index (χ4v) is 2.36. The molecule has 92 valence electrons. The molecule has 1 heterocycles. The molecule has 2 heteroatoms. The van der Waals surface area contributed by atoms with Crippen LogP contribution in [-0.4, -0.2) is 18.1 Å². The van der Waals surface area contributed by atoms with Gasteiger partial charge in [0, 0.05) is 23.1 Å². The monoisotopic (exact) mass is 230 g/mol. The van der Waals surface area contributed by atoms with Crippen LogP contribution >= 0.6 is 0 Å².